The zero-order chi connectivity index (χ0) is 20.3. The topological polar surface area (TPSA) is 57.5 Å². The van der Waals surface area contributed by atoms with Crippen molar-refractivity contribution in [3.05, 3.63) is 12.2 Å². The van der Waals surface area contributed by atoms with Crippen LogP contribution in [0.4, 0.5) is 0 Å². The number of fused-ring (bicyclic) bond motifs is 5. The second-order valence-corrected chi connectivity index (χ2v) is 11.4. The van der Waals surface area contributed by atoms with Gasteiger partial charge >= 0.3 is 5.97 Å². The molecule has 3 nitrogen and oxygen atoms in total. The van der Waals surface area contributed by atoms with Crippen LogP contribution in [0.25, 0.3) is 0 Å². The molecule has 0 heterocycles. The Morgan fingerprint density at radius 2 is 1.82 bits per heavy atom. The van der Waals surface area contributed by atoms with E-state index in [4.69, 9.17) is 5.11 Å². The molecule has 0 unspecified atom stereocenters. The number of hydrogen-bond donors (Lipinski definition) is 2. The molecule has 0 aromatic heterocycles. The standard InChI is InChI=1S/C25H40O3/c1-15(5-8-22(27)28)19-6-7-20-23-16(2)13-17-14-18(26)9-11-24(17,3)21(23)10-12-25(19,20)4/h15,17-21,23,26H,2,5-14H2,1,3-4H3,(H,27,28)/t15-,17-,18-,19-,20+,21+,23+,24+,25-/m1/s1. The molecule has 3 heteroatoms. The van der Waals surface area contributed by atoms with Gasteiger partial charge in [0.15, 0.2) is 0 Å². The Morgan fingerprint density at radius 1 is 1.14 bits per heavy atom. The lowest BCUT2D eigenvalue weighted by molar-refractivity contribution is -0.137. The maximum atomic E-state index is 11.1. The predicted molar refractivity (Wildman–Crippen MR) is 112 cm³/mol. The average molecular weight is 389 g/mol. The van der Waals surface area contributed by atoms with Crippen LogP contribution < -0.4 is 0 Å². The van der Waals surface area contributed by atoms with E-state index in [0.29, 0.717) is 40.9 Å². The molecule has 4 saturated carbocycles. The fourth-order valence-corrected chi connectivity index (χ4v) is 8.63. The van der Waals surface area contributed by atoms with Crippen molar-refractivity contribution in [1.82, 2.24) is 0 Å². The van der Waals surface area contributed by atoms with Crippen molar-refractivity contribution >= 4 is 5.97 Å². The van der Waals surface area contributed by atoms with E-state index in [1.807, 2.05) is 0 Å². The summed E-state index contributed by atoms with van der Waals surface area (Å²) in [4.78, 5) is 11.1. The maximum Gasteiger partial charge on any atom is 0.303 e. The first-order valence-electron chi connectivity index (χ1n) is 11.7. The second-order valence-electron chi connectivity index (χ2n) is 11.4. The van der Waals surface area contributed by atoms with Crippen LogP contribution in [0, 0.1) is 46.3 Å². The number of hydrogen-bond acceptors (Lipinski definition) is 2. The predicted octanol–water partition coefficient (Wildman–Crippen LogP) is 5.67. The quantitative estimate of drug-likeness (QED) is 0.610. The molecule has 4 fully saturated rings. The van der Waals surface area contributed by atoms with Gasteiger partial charge in [0, 0.05) is 6.42 Å². The van der Waals surface area contributed by atoms with E-state index in [9.17, 15) is 9.90 Å². The highest BCUT2D eigenvalue weighted by Gasteiger charge is 2.61. The molecule has 0 saturated heterocycles. The van der Waals surface area contributed by atoms with Gasteiger partial charge in [-0.1, -0.05) is 32.9 Å². The number of carboxylic acid groups (broad SMARTS) is 1. The Hall–Kier alpha value is -0.830. The Morgan fingerprint density at radius 3 is 2.54 bits per heavy atom. The third-order valence-electron chi connectivity index (χ3n) is 10.2. The first kappa shape index (κ1) is 20.4. The van der Waals surface area contributed by atoms with Gasteiger partial charge in [0.2, 0.25) is 0 Å². The summed E-state index contributed by atoms with van der Waals surface area (Å²) >= 11 is 0. The van der Waals surface area contributed by atoms with E-state index in [-0.39, 0.29) is 6.10 Å². The summed E-state index contributed by atoms with van der Waals surface area (Å²) in [6.45, 7) is 12.0. The first-order chi connectivity index (χ1) is 13.2. The molecule has 2 N–H and O–H groups in total. The second kappa shape index (κ2) is 7.15. The third-order valence-corrected chi connectivity index (χ3v) is 10.2. The van der Waals surface area contributed by atoms with Crippen LogP contribution in [0.5, 0.6) is 0 Å². The van der Waals surface area contributed by atoms with Crippen molar-refractivity contribution < 1.29 is 15.0 Å². The number of carboxylic acids is 1. The van der Waals surface area contributed by atoms with E-state index in [0.717, 1.165) is 37.5 Å². The summed E-state index contributed by atoms with van der Waals surface area (Å²) in [6, 6.07) is 0. The van der Waals surface area contributed by atoms with Gasteiger partial charge in [0.25, 0.3) is 0 Å². The van der Waals surface area contributed by atoms with E-state index < -0.39 is 5.97 Å². The lowest BCUT2D eigenvalue weighted by atomic mass is 9.43. The van der Waals surface area contributed by atoms with Gasteiger partial charge in [0.1, 0.15) is 0 Å². The SMILES string of the molecule is C=C1C[C@@H]2C[C@H](O)CC[C@]2(C)[C@H]2CC[C@]3(C)[C@@H]([C@H](C)CCC(=O)O)CC[C@H]3[C@H]12. The molecule has 158 valence electrons. The van der Waals surface area contributed by atoms with Crippen LogP contribution in [0.15, 0.2) is 12.2 Å². The molecule has 0 amide bonds. The zero-order valence-corrected chi connectivity index (χ0v) is 18.1. The van der Waals surface area contributed by atoms with E-state index in [2.05, 4.69) is 27.4 Å². The molecule has 0 aliphatic heterocycles. The lowest BCUT2D eigenvalue weighted by Gasteiger charge is -2.61. The van der Waals surface area contributed by atoms with Crippen molar-refractivity contribution in [2.75, 3.05) is 0 Å². The number of rotatable bonds is 4. The lowest BCUT2D eigenvalue weighted by Crippen LogP contribution is -2.54. The summed E-state index contributed by atoms with van der Waals surface area (Å²) in [5.74, 6) is 3.21. The molecule has 4 aliphatic carbocycles. The van der Waals surface area contributed by atoms with Gasteiger partial charge in [-0.15, -0.1) is 0 Å². The number of carbonyl (C=O) groups is 1. The van der Waals surface area contributed by atoms with Crippen molar-refractivity contribution in [2.45, 2.75) is 91.1 Å². The fourth-order valence-electron chi connectivity index (χ4n) is 8.63. The Bertz CT molecular complexity index is 642. The smallest absolute Gasteiger partial charge is 0.303 e. The zero-order valence-electron chi connectivity index (χ0n) is 18.1. The molecule has 0 aromatic rings. The summed E-state index contributed by atoms with van der Waals surface area (Å²) in [5.41, 5.74) is 2.19. The van der Waals surface area contributed by atoms with Crippen LogP contribution in [-0.2, 0) is 4.79 Å². The first-order valence-corrected chi connectivity index (χ1v) is 11.7. The van der Waals surface area contributed by atoms with Gasteiger partial charge in [-0.25, -0.2) is 0 Å². The maximum absolute atomic E-state index is 11.1. The summed E-state index contributed by atoms with van der Waals surface area (Å²) in [6.07, 6.45) is 10.4. The third kappa shape index (κ3) is 3.07. The molecule has 0 aromatic carbocycles. The molecule has 28 heavy (non-hydrogen) atoms. The van der Waals surface area contributed by atoms with Crippen molar-refractivity contribution in [1.29, 1.82) is 0 Å². The highest BCUT2D eigenvalue weighted by atomic mass is 16.4. The van der Waals surface area contributed by atoms with Crippen molar-refractivity contribution in [2.24, 2.45) is 46.3 Å². The van der Waals surface area contributed by atoms with Gasteiger partial charge in [0.05, 0.1) is 6.10 Å². The largest absolute Gasteiger partial charge is 0.481 e. The highest BCUT2D eigenvalue weighted by molar-refractivity contribution is 5.66. The van der Waals surface area contributed by atoms with Crippen LogP contribution in [0.3, 0.4) is 0 Å². The average Bonchev–Trinajstić information content (AvgIpc) is 2.98. The number of aliphatic carboxylic acids is 1. The Kier molecular flexibility index (Phi) is 5.22. The molecule has 0 radical (unpaired) electrons. The molecule has 9 atom stereocenters. The summed E-state index contributed by atoms with van der Waals surface area (Å²) in [5, 5.41) is 19.4. The minimum absolute atomic E-state index is 0.109. The van der Waals surface area contributed by atoms with Crippen LogP contribution in [0.1, 0.15) is 85.0 Å². The molecule has 0 spiro atoms. The van der Waals surface area contributed by atoms with Gasteiger partial charge in [-0.2, -0.15) is 0 Å². The number of aliphatic hydroxyl groups excluding tert-OH is 1. The highest BCUT2D eigenvalue weighted by Crippen LogP contribution is 2.69. The molecular formula is C25H40O3. The van der Waals surface area contributed by atoms with E-state index >= 15 is 0 Å². The number of allylic oxidation sites excluding steroid dienone is 1. The van der Waals surface area contributed by atoms with E-state index in [1.54, 1.807) is 0 Å². The van der Waals surface area contributed by atoms with Gasteiger partial charge in [-0.05, 0) is 104 Å². The molecular weight excluding hydrogens is 348 g/mol. The van der Waals surface area contributed by atoms with Gasteiger partial charge in [-0.3, -0.25) is 4.79 Å². The van der Waals surface area contributed by atoms with Crippen LogP contribution >= 0.6 is 0 Å². The minimum atomic E-state index is -0.658. The van der Waals surface area contributed by atoms with Crippen LogP contribution in [0.2, 0.25) is 0 Å². The van der Waals surface area contributed by atoms with Crippen LogP contribution in [-0.4, -0.2) is 22.3 Å². The molecule has 4 aliphatic rings. The monoisotopic (exact) mass is 388 g/mol. The number of aliphatic hydroxyl groups is 1. The Balaban J connectivity index is 1.56. The van der Waals surface area contributed by atoms with Crippen molar-refractivity contribution in [3.8, 4) is 0 Å². The summed E-state index contributed by atoms with van der Waals surface area (Å²) < 4.78 is 0. The summed E-state index contributed by atoms with van der Waals surface area (Å²) in [7, 11) is 0. The fraction of sp³-hybridized carbons (Fsp3) is 0.880. The molecule has 0 bridgehead atoms. The van der Waals surface area contributed by atoms with E-state index in [1.165, 1.54) is 37.7 Å². The Labute approximate surface area is 171 Å². The van der Waals surface area contributed by atoms with Gasteiger partial charge < -0.3 is 10.2 Å². The normalized spacial score (nSPS) is 49.1. The van der Waals surface area contributed by atoms with Crippen molar-refractivity contribution in [3.63, 3.8) is 0 Å². The molecule has 4 rings (SSSR count). The minimum Gasteiger partial charge on any atom is -0.481 e.